The molecule has 1 saturated heterocycles. The number of hydrogen-bond donors (Lipinski definition) is 2. The number of benzene rings is 1. The number of pyridine rings is 1. The molecule has 9 nitrogen and oxygen atoms in total. The largest absolute Gasteiger partial charge is 0.454 e. The summed E-state index contributed by atoms with van der Waals surface area (Å²) in [5.74, 6) is 0.488. The van der Waals surface area contributed by atoms with E-state index in [1.165, 1.54) is 0 Å². The number of urea groups is 1. The summed E-state index contributed by atoms with van der Waals surface area (Å²) in [6.45, 7) is 0.657. The molecule has 9 heteroatoms. The van der Waals surface area contributed by atoms with Crippen LogP contribution in [0.3, 0.4) is 0 Å². The lowest BCUT2D eigenvalue weighted by atomic mass is 10.1. The molecule has 2 aliphatic heterocycles. The summed E-state index contributed by atoms with van der Waals surface area (Å²) in [5.41, 5.74) is 1.60. The van der Waals surface area contributed by atoms with E-state index in [1.807, 2.05) is 18.2 Å². The lowest BCUT2D eigenvalue weighted by Crippen LogP contribution is -2.37. The van der Waals surface area contributed by atoms with Crippen molar-refractivity contribution in [1.82, 2.24) is 20.5 Å². The fraction of sp³-hybridized carbons (Fsp3) is 0.300. The first-order chi connectivity index (χ1) is 14.1. The molecular weight excluding hydrogens is 376 g/mol. The lowest BCUT2D eigenvalue weighted by Gasteiger charge is -2.13. The van der Waals surface area contributed by atoms with Crippen molar-refractivity contribution in [2.75, 3.05) is 13.3 Å². The topological polar surface area (TPSA) is 110 Å². The number of amides is 4. The van der Waals surface area contributed by atoms with Gasteiger partial charge in [-0.15, -0.1) is 0 Å². The van der Waals surface area contributed by atoms with E-state index in [0.717, 1.165) is 16.2 Å². The average Bonchev–Trinajstić information content (AvgIpc) is 3.28. The van der Waals surface area contributed by atoms with E-state index >= 15 is 0 Å². The maximum absolute atomic E-state index is 12.6. The Balaban J connectivity index is 1.29. The van der Waals surface area contributed by atoms with E-state index in [2.05, 4.69) is 15.6 Å². The molecule has 2 aliphatic rings. The van der Waals surface area contributed by atoms with Crippen molar-refractivity contribution in [2.45, 2.75) is 25.4 Å². The molecule has 0 spiro atoms. The van der Waals surface area contributed by atoms with Gasteiger partial charge in [0, 0.05) is 24.9 Å². The van der Waals surface area contributed by atoms with Gasteiger partial charge in [-0.3, -0.25) is 19.5 Å². The molecule has 0 aliphatic carbocycles. The molecule has 1 fully saturated rings. The summed E-state index contributed by atoms with van der Waals surface area (Å²) < 4.78 is 10.6. The smallest absolute Gasteiger partial charge is 0.325 e. The second kappa shape index (κ2) is 8.17. The Labute approximate surface area is 167 Å². The van der Waals surface area contributed by atoms with E-state index in [-0.39, 0.29) is 25.7 Å². The summed E-state index contributed by atoms with van der Waals surface area (Å²) in [7, 11) is 0. The van der Waals surface area contributed by atoms with E-state index in [0.29, 0.717) is 24.5 Å². The van der Waals surface area contributed by atoms with Gasteiger partial charge in [-0.2, -0.15) is 0 Å². The van der Waals surface area contributed by atoms with Crippen molar-refractivity contribution in [2.24, 2.45) is 0 Å². The van der Waals surface area contributed by atoms with Gasteiger partial charge < -0.3 is 20.1 Å². The molecule has 0 bridgehead atoms. The second-order valence-corrected chi connectivity index (χ2v) is 6.74. The first kappa shape index (κ1) is 18.7. The molecule has 29 heavy (non-hydrogen) atoms. The van der Waals surface area contributed by atoms with Crippen LogP contribution in [-0.2, 0) is 22.6 Å². The predicted octanol–water partition coefficient (Wildman–Crippen LogP) is 0.980. The zero-order valence-electron chi connectivity index (χ0n) is 15.6. The third-order valence-corrected chi connectivity index (χ3v) is 4.70. The number of nitrogens with zero attached hydrogens (tertiary/aromatic N) is 2. The lowest BCUT2D eigenvalue weighted by molar-refractivity contribution is -0.131. The highest BCUT2D eigenvalue weighted by molar-refractivity contribution is 6.05. The molecule has 0 radical (unpaired) electrons. The van der Waals surface area contributed by atoms with Gasteiger partial charge in [0.2, 0.25) is 12.7 Å². The van der Waals surface area contributed by atoms with Crippen LogP contribution in [0.2, 0.25) is 0 Å². The van der Waals surface area contributed by atoms with Gasteiger partial charge in [0.15, 0.2) is 11.5 Å². The molecular formula is C20H20N4O5. The van der Waals surface area contributed by atoms with Gasteiger partial charge >= 0.3 is 6.03 Å². The Morgan fingerprint density at radius 1 is 1.21 bits per heavy atom. The summed E-state index contributed by atoms with van der Waals surface area (Å²) in [6, 6.07) is 9.44. The van der Waals surface area contributed by atoms with Crippen LogP contribution in [0.25, 0.3) is 0 Å². The average molecular weight is 396 g/mol. The van der Waals surface area contributed by atoms with Crippen molar-refractivity contribution in [1.29, 1.82) is 0 Å². The van der Waals surface area contributed by atoms with Gasteiger partial charge in [-0.1, -0.05) is 12.1 Å². The Morgan fingerprint density at radius 2 is 2.07 bits per heavy atom. The minimum atomic E-state index is -0.869. The number of rotatable bonds is 7. The van der Waals surface area contributed by atoms with E-state index in [4.69, 9.17) is 9.47 Å². The quantitative estimate of drug-likeness (QED) is 0.675. The van der Waals surface area contributed by atoms with Gasteiger partial charge in [-0.05, 0) is 29.8 Å². The number of imide groups is 1. The maximum atomic E-state index is 12.6. The van der Waals surface area contributed by atoms with Crippen LogP contribution in [0.15, 0.2) is 42.6 Å². The third-order valence-electron chi connectivity index (χ3n) is 4.70. The highest BCUT2D eigenvalue weighted by atomic mass is 16.7. The van der Waals surface area contributed by atoms with Gasteiger partial charge in [-0.25, -0.2) is 4.79 Å². The number of hydrogen-bond acceptors (Lipinski definition) is 6. The Bertz CT molecular complexity index is 934. The van der Waals surface area contributed by atoms with Crippen LogP contribution in [0.4, 0.5) is 4.79 Å². The fourth-order valence-electron chi connectivity index (χ4n) is 3.22. The SMILES string of the molecule is O=C(C[C@@H]1NC(=O)N(Cc2ccc3c(c2)OCO3)C1=O)NCCc1ccccn1. The van der Waals surface area contributed by atoms with Crippen LogP contribution < -0.4 is 20.1 Å². The Kier molecular flexibility index (Phi) is 5.28. The van der Waals surface area contributed by atoms with E-state index < -0.39 is 18.0 Å². The third kappa shape index (κ3) is 4.29. The van der Waals surface area contributed by atoms with Crippen molar-refractivity contribution in [3.63, 3.8) is 0 Å². The molecule has 1 atom stereocenters. The molecule has 150 valence electrons. The first-order valence-corrected chi connectivity index (χ1v) is 9.27. The van der Waals surface area contributed by atoms with Crippen molar-refractivity contribution < 1.29 is 23.9 Å². The number of nitrogens with one attached hydrogen (secondary N) is 2. The van der Waals surface area contributed by atoms with Crippen LogP contribution in [0.5, 0.6) is 11.5 Å². The zero-order valence-corrected chi connectivity index (χ0v) is 15.6. The second-order valence-electron chi connectivity index (χ2n) is 6.74. The molecule has 1 aromatic heterocycles. The van der Waals surface area contributed by atoms with Gasteiger partial charge in [0.25, 0.3) is 5.91 Å². The minimum absolute atomic E-state index is 0.0963. The van der Waals surface area contributed by atoms with Crippen molar-refractivity contribution in [3.8, 4) is 11.5 Å². The molecule has 2 N–H and O–H groups in total. The highest BCUT2D eigenvalue weighted by Gasteiger charge is 2.39. The maximum Gasteiger partial charge on any atom is 0.325 e. The number of carbonyl (C=O) groups is 3. The Morgan fingerprint density at radius 3 is 2.90 bits per heavy atom. The molecule has 3 heterocycles. The molecule has 0 unspecified atom stereocenters. The molecule has 1 aromatic carbocycles. The fourth-order valence-corrected chi connectivity index (χ4v) is 3.22. The predicted molar refractivity (Wildman–Crippen MR) is 101 cm³/mol. The molecule has 4 rings (SSSR count). The number of carbonyl (C=O) groups excluding carboxylic acids is 3. The zero-order chi connectivity index (χ0) is 20.2. The van der Waals surface area contributed by atoms with Crippen molar-refractivity contribution in [3.05, 3.63) is 53.9 Å². The normalized spacial score (nSPS) is 17.4. The number of ether oxygens (including phenoxy) is 2. The molecule has 2 aromatic rings. The Hall–Kier alpha value is -3.62. The summed E-state index contributed by atoms with van der Waals surface area (Å²) in [4.78, 5) is 42.2. The minimum Gasteiger partial charge on any atom is -0.454 e. The van der Waals surface area contributed by atoms with Crippen LogP contribution in [-0.4, -0.2) is 47.1 Å². The number of fused-ring (bicyclic) bond motifs is 1. The van der Waals surface area contributed by atoms with E-state index in [9.17, 15) is 14.4 Å². The highest BCUT2D eigenvalue weighted by Crippen LogP contribution is 2.33. The standard InChI is InChI=1S/C20H20N4O5/c25-18(22-8-6-14-3-1-2-7-21-14)10-15-19(26)24(20(27)23-15)11-13-4-5-16-17(9-13)29-12-28-16/h1-5,7,9,15H,6,8,10-12H2,(H,22,25)(H,23,27)/t15-/m0/s1. The van der Waals surface area contributed by atoms with Crippen molar-refractivity contribution >= 4 is 17.8 Å². The monoisotopic (exact) mass is 396 g/mol. The van der Waals surface area contributed by atoms with Crippen LogP contribution in [0.1, 0.15) is 17.7 Å². The van der Waals surface area contributed by atoms with Gasteiger partial charge in [0.1, 0.15) is 6.04 Å². The van der Waals surface area contributed by atoms with E-state index in [1.54, 1.807) is 24.4 Å². The first-order valence-electron chi connectivity index (χ1n) is 9.27. The summed E-state index contributed by atoms with van der Waals surface area (Å²) in [5, 5.41) is 5.33. The van der Waals surface area contributed by atoms with Crippen LogP contribution in [0, 0.1) is 0 Å². The summed E-state index contributed by atoms with van der Waals surface area (Å²) in [6.07, 6.45) is 2.18. The molecule has 4 amide bonds. The van der Waals surface area contributed by atoms with Crippen LogP contribution >= 0.6 is 0 Å². The summed E-state index contributed by atoms with van der Waals surface area (Å²) >= 11 is 0. The van der Waals surface area contributed by atoms with Gasteiger partial charge in [0.05, 0.1) is 13.0 Å². The number of aromatic nitrogens is 1. The molecule has 0 saturated carbocycles.